The number of urea groups is 1. The third-order valence-corrected chi connectivity index (χ3v) is 2.00. The van der Waals surface area contributed by atoms with Crippen LogP contribution in [0.2, 0.25) is 0 Å². The van der Waals surface area contributed by atoms with Gasteiger partial charge in [0.05, 0.1) is 5.92 Å². The molecule has 1 rings (SSSR count). The first kappa shape index (κ1) is 9.50. The molecule has 4 amide bonds. The molecule has 3 N–H and O–H groups in total. The van der Waals surface area contributed by atoms with Crippen molar-refractivity contribution in [3.05, 3.63) is 0 Å². The van der Waals surface area contributed by atoms with E-state index in [2.05, 4.69) is 5.32 Å². The third-order valence-electron chi connectivity index (χ3n) is 2.00. The SMILES string of the molecule is CN1C(=O)CC(C(N)=O)CNC1=O. The molecule has 0 spiro atoms. The first-order valence-corrected chi connectivity index (χ1v) is 3.86. The van der Waals surface area contributed by atoms with Crippen molar-refractivity contribution in [1.29, 1.82) is 0 Å². The van der Waals surface area contributed by atoms with Crippen LogP contribution in [0.4, 0.5) is 4.79 Å². The number of hydrogen-bond donors (Lipinski definition) is 2. The molecule has 0 aromatic heterocycles. The van der Waals surface area contributed by atoms with E-state index < -0.39 is 17.9 Å². The molecule has 13 heavy (non-hydrogen) atoms. The molecule has 1 unspecified atom stereocenters. The molecule has 1 atom stereocenters. The molecule has 1 fully saturated rings. The van der Waals surface area contributed by atoms with Gasteiger partial charge < -0.3 is 11.1 Å². The van der Waals surface area contributed by atoms with E-state index in [9.17, 15) is 14.4 Å². The topological polar surface area (TPSA) is 92.5 Å². The fourth-order valence-electron chi connectivity index (χ4n) is 1.06. The van der Waals surface area contributed by atoms with E-state index in [0.29, 0.717) is 0 Å². The Morgan fingerprint density at radius 2 is 2.23 bits per heavy atom. The van der Waals surface area contributed by atoms with Crippen molar-refractivity contribution in [3.8, 4) is 0 Å². The van der Waals surface area contributed by atoms with Crippen molar-refractivity contribution in [2.24, 2.45) is 11.7 Å². The summed E-state index contributed by atoms with van der Waals surface area (Å²) >= 11 is 0. The smallest absolute Gasteiger partial charge is 0.323 e. The summed E-state index contributed by atoms with van der Waals surface area (Å²) in [7, 11) is 1.36. The summed E-state index contributed by atoms with van der Waals surface area (Å²) in [6.45, 7) is 0.129. The molecule has 1 saturated heterocycles. The monoisotopic (exact) mass is 185 g/mol. The van der Waals surface area contributed by atoms with E-state index in [-0.39, 0.29) is 18.9 Å². The van der Waals surface area contributed by atoms with Gasteiger partial charge in [-0.25, -0.2) is 4.79 Å². The summed E-state index contributed by atoms with van der Waals surface area (Å²) in [6.07, 6.45) is -0.00935. The molecule has 1 heterocycles. The molecular weight excluding hydrogens is 174 g/mol. The van der Waals surface area contributed by atoms with Crippen LogP contribution in [-0.2, 0) is 9.59 Å². The predicted octanol–water partition coefficient (Wildman–Crippen LogP) is -1.34. The van der Waals surface area contributed by atoms with Gasteiger partial charge in [-0.3, -0.25) is 14.5 Å². The van der Waals surface area contributed by atoms with Gasteiger partial charge in [0.1, 0.15) is 0 Å². The second-order valence-corrected chi connectivity index (χ2v) is 2.94. The van der Waals surface area contributed by atoms with E-state index in [1.807, 2.05) is 0 Å². The van der Waals surface area contributed by atoms with Crippen molar-refractivity contribution in [1.82, 2.24) is 10.2 Å². The Bertz CT molecular complexity index is 264. The lowest BCUT2D eigenvalue weighted by atomic mass is 10.1. The zero-order chi connectivity index (χ0) is 10.0. The van der Waals surface area contributed by atoms with Crippen LogP contribution >= 0.6 is 0 Å². The number of nitrogens with two attached hydrogens (primary N) is 1. The molecule has 0 aliphatic carbocycles. The summed E-state index contributed by atoms with van der Waals surface area (Å²) in [6, 6.07) is -0.492. The summed E-state index contributed by atoms with van der Waals surface area (Å²) in [5.74, 6) is -1.55. The second-order valence-electron chi connectivity index (χ2n) is 2.94. The maximum absolute atomic E-state index is 11.2. The standard InChI is InChI=1S/C7H11N3O3/c1-10-5(11)2-4(6(8)12)3-9-7(10)13/h4H,2-3H2,1H3,(H2,8,12)(H,9,13). The molecular formula is C7H11N3O3. The lowest BCUT2D eigenvalue weighted by Crippen LogP contribution is -2.38. The highest BCUT2D eigenvalue weighted by atomic mass is 16.2. The number of primary amides is 1. The average Bonchev–Trinajstić information content (AvgIpc) is 2.19. The fraction of sp³-hybridized carbons (Fsp3) is 0.571. The van der Waals surface area contributed by atoms with Crippen molar-refractivity contribution < 1.29 is 14.4 Å². The average molecular weight is 185 g/mol. The normalized spacial score (nSPS) is 23.8. The molecule has 1 aliphatic heterocycles. The van der Waals surface area contributed by atoms with Gasteiger partial charge in [-0.05, 0) is 0 Å². The van der Waals surface area contributed by atoms with Gasteiger partial charge in [0.2, 0.25) is 11.8 Å². The molecule has 0 bridgehead atoms. The predicted molar refractivity (Wildman–Crippen MR) is 43.5 cm³/mol. The van der Waals surface area contributed by atoms with Crippen LogP contribution in [0.15, 0.2) is 0 Å². The Kier molecular flexibility index (Phi) is 2.50. The quantitative estimate of drug-likeness (QED) is 0.529. The number of carbonyl (C=O) groups is 3. The summed E-state index contributed by atoms with van der Waals surface area (Å²) in [5, 5.41) is 2.42. The number of nitrogens with one attached hydrogen (secondary N) is 1. The number of hydrogen-bond acceptors (Lipinski definition) is 3. The zero-order valence-corrected chi connectivity index (χ0v) is 7.24. The van der Waals surface area contributed by atoms with Crippen molar-refractivity contribution in [2.75, 3.05) is 13.6 Å². The van der Waals surface area contributed by atoms with Crippen LogP contribution in [0.3, 0.4) is 0 Å². The van der Waals surface area contributed by atoms with Crippen LogP contribution in [-0.4, -0.2) is 36.3 Å². The van der Waals surface area contributed by atoms with E-state index >= 15 is 0 Å². The maximum Gasteiger partial charge on any atom is 0.323 e. The van der Waals surface area contributed by atoms with Crippen LogP contribution in [0.5, 0.6) is 0 Å². The molecule has 0 radical (unpaired) electrons. The largest absolute Gasteiger partial charge is 0.369 e. The molecule has 72 valence electrons. The van der Waals surface area contributed by atoms with Gasteiger partial charge in [0.15, 0.2) is 0 Å². The lowest BCUT2D eigenvalue weighted by Gasteiger charge is -2.10. The van der Waals surface area contributed by atoms with Crippen LogP contribution in [0, 0.1) is 5.92 Å². The van der Waals surface area contributed by atoms with Crippen molar-refractivity contribution in [2.45, 2.75) is 6.42 Å². The second kappa shape index (κ2) is 3.42. The van der Waals surface area contributed by atoms with E-state index in [1.165, 1.54) is 7.05 Å². The molecule has 0 aromatic rings. The highest BCUT2D eigenvalue weighted by molar-refractivity contribution is 5.97. The molecule has 1 aliphatic rings. The van der Waals surface area contributed by atoms with Gasteiger partial charge in [-0.1, -0.05) is 0 Å². The number of rotatable bonds is 1. The van der Waals surface area contributed by atoms with E-state index in [4.69, 9.17) is 5.73 Å². The fourth-order valence-corrected chi connectivity index (χ4v) is 1.06. The highest BCUT2D eigenvalue weighted by Gasteiger charge is 2.28. The Hall–Kier alpha value is -1.59. The Morgan fingerprint density at radius 1 is 1.62 bits per heavy atom. The number of imide groups is 1. The van der Waals surface area contributed by atoms with Crippen LogP contribution in [0.1, 0.15) is 6.42 Å². The minimum Gasteiger partial charge on any atom is -0.369 e. The highest BCUT2D eigenvalue weighted by Crippen LogP contribution is 2.08. The molecule has 6 heteroatoms. The summed E-state index contributed by atoms with van der Waals surface area (Å²) in [4.78, 5) is 33.9. The Morgan fingerprint density at radius 3 is 2.77 bits per heavy atom. The van der Waals surface area contributed by atoms with Crippen LogP contribution < -0.4 is 11.1 Å². The van der Waals surface area contributed by atoms with Gasteiger partial charge in [-0.15, -0.1) is 0 Å². The summed E-state index contributed by atoms with van der Waals surface area (Å²) in [5.41, 5.74) is 5.03. The Labute approximate surface area is 75.1 Å². The van der Waals surface area contributed by atoms with Gasteiger partial charge in [0, 0.05) is 20.0 Å². The molecule has 0 saturated carbocycles. The molecule has 6 nitrogen and oxygen atoms in total. The van der Waals surface area contributed by atoms with Gasteiger partial charge >= 0.3 is 6.03 Å². The maximum atomic E-state index is 11.2. The molecule has 0 aromatic carbocycles. The van der Waals surface area contributed by atoms with E-state index in [0.717, 1.165) is 4.90 Å². The first-order valence-electron chi connectivity index (χ1n) is 3.86. The van der Waals surface area contributed by atoms with Crippen LogP contribution in [0.25, 0.3) is 0 Å². The summed E-state index contributed by atoms with van der Waals surface area (Å²) < 4.78 is 0. The number of nitrogens with zero attached hydrogens (tertiary/aromatic N) is 1. The Balaban J connectivity index is 2.75. The third kappa shape index (κ3) is 1.95. The zero-order valence-electron chi connectivity index (χ0n) is 7.24. The first-order chi connectivity index (χ1) is 6.02. The van der Waals surface area contributed by atoms with Gasteiger partial charge in [-0.2, -0.15) is 0 Å². The van der Waals surface area contributed by atoms with E-state index in [1.54, 1.807) is 0 Å². The minimum absolute atomic E-state index is 0.00935. The lowest BCUT2D eigenvalue weighted by molar-refractivity contribution is -0.131. The van der Waals surface area contributed by atoms with Crippen molar-refractivity contribution >= 4 is 17.8 Å². The van der Waals surface area contributed by atoms with Gasteiger partial charge in [0.25, 0.3) is 0 Å². The van der Waals surface area contributed by atoms with Crippen molar-refractivity contribution in [3.63, 3.8) is 0 Å². The number of carbonyl (C=O) groups excluding carboxylic acids is 3. The number of amides is 4. The minimum atomic E-state index is -0.596.